The minimum Gasteiger partial charge on any atom is -0.378 e. The molecule has 3 fully saturated rings. The van der Waals surface area contributed by atoms with Crippen molar-refractivity contribution >= 4 is 0 Å². The summed E-state index contributed by atoms with van der Waals surface area (Å²) in [6, 6.07) is 1.61. The van der Waals surface area contributed by atoms with Crippen molar-refractivity contribution in [2.24, 2.45) is 5.41 Å². The summed E-state index contributed by atoms with van der Waals surface area (Å²) < 4.78 is 5.97. The Morgan fingerprint density at radius 3 is 2.63 bits per heavy atom. The van der Waals surface area contributed by atoms with Gasteiger partial charge in [0.15, 0.2) is 0 Å². The second-order valence-electron chi connectivity index (χ2n) is 6.84. The second-order valence-corrected chi connectivity index (χ2v) is 6.84. The molecule has 3 heteroatoms. The van der Waals surface area contributed by atoms with E-state index in [0.717, 1.165) is 25.2 Å². The zero-order valence-corrected chi connectivity index (χ0v) is 12.7. The van der Waals surface area contributed by atoms with Crippen LogP contribution in [0.4, 0.5) is 0 Å². The lowest BCUT2D eigenvalue weighted by Crippen LogP contribution is -2.63. The average Bonchev–Trinajstić information content (AvgIpc) is 3.12. The van der Waals surface area contributed by atoms with E-state index in [9.17, 15) is 0 Å². The highest BCUT2D eigenvalue weighted by Crippen LogP contribution is 2.54. The van der Waals surface area contributed by atoms with Gasteiger partial charge in [0.25, 0.3) is 0 Å². The van der Waals surface area contributed by atoms with Gasteiger partial charge in [-0.1, -0.05) is 12.8 Å². The lowest BCUT2D eigenvalue weighted by molar-refractivity contribution is -0.130. The van der Waals surface area contributed by atoms with Gasteiger partial charge in [-0.2, -0.15) is 0 Å². The van der Waals surface area contributed by atoms with Crippen LogP contribution in [0.15, 0.2) is 0 Å². The minimum atomic E-state index is 0.494. The maximum atomic E-state index is 5.97. The highest BCUT2D eigenvalue weighted by atomic mass is 16.5. The second kappa shape index (κ2) is 5.71. The van der Waals surface area contributed by atoms with Gasteiger partial charge in [0.2, 0.25) is 0 Å². The van der Waals surface area contributed by atoms with Gasteiger partial charge in [-0.25, -0.2) is 0 Å². The van der Waals surface area contributed by atoms with Crippen LogP contribution in [0.25, 0.3) is 0 Å². The van der Waals surface area contributed by atoms with Gasteiger partial charge < -0.3 is 15.0 Å². The molecule has 0 bridgehead atoms. The lowest BCUT2D eigenvalue weighted by atomic mass is 9.60. The van der Waals surface area contributed by atoms with E-state index in [1.54, 1.807) is 0 Å². The zero-order valence-electron chi connectivity index (χ0n) is 12.7. The molecule has 0 heterocycles. The Morgan fingerprint density at radius 1 is 1.26 bits per heavy atom. The number of hydrogen-bond donors (Lipinski definition) is 1. The number of hydrogen-bond acceptors (Lipinski definition) is 3. The maximum absolute atomic E-state index is 5.97. The summed E-state index contributed by atoms with van der Waals surface area (Å²) in [5, 5.41) is 3.83. The first kappa shape index (κ1) is 13.8. The van der Waals surface area contributed by atoms with Crippen molar-refractivity contribution in [3.8, 4) is 0 Å². The van der Waals surface area contributed by atoms with Crippen molar-refractivity contribution in [1.82, 2.24) is 10.2 Å². The number of nitrogens with one attached hydrogen (secondary N) is 1. The largest absolute Gasteiger partial charge is 0.378 e. The lowest BCUT2D eigenvalue weighted by Gasteiger charge is -2.54. The Balaban J connectivity index is 1.45. The van der Waals surface area contributed by atoms with E-state index in [0.29, 0.717) is 11.5 Å². The summed E-state index contributed by atoms with van der Waals surface area (Å²) in [6.45, 7) is 5.37. The van der Waals surface area contributed by atoms with Gasteiger partial charge in [0.1, 0.15) is 0 Å². The van der Waals surface area contributed by atoms with Gasteiger partial charge in [0, 0.05) is 37.2 Å². The van der Waals surface area contributed by atoms with Crippen molar-refractivity contribution in [3.05, 3.63) is 0 Å². The van der Waals surface area contributed by atoms with Crippen LogP contribution in [0.1, 0.15) is 51.9 Å². The molecule has 19 heavy (non-hydrogen) atoms. The van der Waals surface area contributed by atoms with Crippen LogP contribution in [0.2, 0.25) is 0 Å². The van der Waals surface area contributed by atoms with E-state index < -0.39 is 0 Å². The summed E-state index contributed by atoms with van der Waals surface area (Å²) in [7, 11) is 2.27. The third-order valence-electron chi connectivity index (χ3n) is 5.71. The smallest absolute Gasteiger partial charge is 0.0661 e. The minimum absolute atomic E-state index is 0.494. The number of rotatable bonds is 7. The molecule has 0 saturated heterocycles. The highest BCUT2D eigenvalue weighted by Gasteiger charge is 2.56. The molecule has 1 spiro atoms. The first-order chi connectivity index (χ1) is 9.26. The molecule has 110 valence electrons. The van der Waals surface area contributed by atoms with Crippen LogP contribution in [0.3, 0.4) is 0 Å². The van der Waals surface area contributed by atoms with Gasteiger partial charge in [-0.05, 0) is 46.1 Å². The fraction of sp³-hybridized carbons (Fsp3) is 1.00. The van der Waals surface area contributed by atoms with Crippen molar-refractivity contribution in [2.75, 3.05) is 26.7 Å². The van der Waals surface area contributed by atoms with E-state index in [2.05, 4.69) is 24.2 Å². The van der Waals surface area contributed by atoms with E-state index in [1.165, 1.54) is 51.5 Å². The molecule has 3 nitrogen and oxygen atoms in total. The molecule has 3 rings (SSSR count). The molecule has 3 saturated carbocycles. The molecule has 0 aromatic carbocycles. The summed E-state index contributed by atoms with van der Waals surface area (Å²) in [4.78, 5) is 2.52. The third-order valence-corrected chi connectivity index (χ3v) is 5.71. The van der Waals surface area contributed by atoms with Gasteiger partial charge in [-0.3, -0.25) is 0 Å². The van der Waals surface area contributed by atoms with Crippen molar-refractivity contribution in [2.45, 2.75) is 70.1 Å². The third kappa shape index (κ3) is 2.70. The van der Waals surface area contributed by atoms with Gasteiger partial charge in [0.05, 0.1) is 6.10 Å². The Hall–Kier alpha value is -0.120. The molecule has 2 atom stereocenters. The van der Waals surface area contributed by atoms with Crippen molar-refractivity contribution < 1.29 is 4.74 Å². The molecule has 0 aromatic rings. The maximum Gasteiger partial charge on any atom is 0.0661 e. The molecule has 0 aliphatic heterocycles. The molecular weight excluding hydrogens is 236 g/mol. The van der Waals surface area contributed by atoms with Crippen LogP contribution < -0.4 is 5.32 Å². The van der Waals surface area contributed by atoms with E-state index in [1.807, 2.05) is 0 Å². The van der Waals surface area contributed by atoms with Crippen molar-refractivity contribution in [3.63, 3.8) is 0 Å². The summed E-state index contributed by atoms with van der Waals surface area (Å²) in [6.07, 6.45) is 10.2. The molecule has 1 N–H and O–H groups in total. The molecule has 3 aliphatic carbocycles. The normalized spacial score (nSPS) is 33.0. The van der Waals surface area contributed by atoms with Crippen LogP contribution in [-0.4, -0.2) is 49.8 Å². The summed E-state index contributed by atoms with van der Waals surface area (Å²) in [5.41, 5.74) is 0.494. The predicted molar refractivity (Wildman–Crippen MR) is 78.4 cm³/mol. The van der Waals surface area contributed by atoms with Crippen LogP contribution >= 0.6 is 0 Å². The number of ether oxygens (including phenoxy) is 1. The predicted octanol–water partition coefficient (Wildman–Crippen LogP) is 2.41. The highest BCUT2D eigenvalue weighted by molar-refractivity contribution is 5.10. The molecule has 2 unspecified atom stereocenters. The molecule has 0 aromatic heterocycles. The van der Waals surface area contributed by atoms with E-state index in [-0.39, 0.29) is 0 Å². The van der Waals surface area contributed by atoms with E-state index in [4.69, 9.17) is 4.74 Å². The Kier molecular flexibility index (Phi) is 4.16. The Morgan fingerprint density at radius 2 is 2.00 bits per heavy atom. The van der Waals surface area contributed by atoms with Crippen LogP contribution in [0, 0.1) is 5.41 Å². The summed E-state index contributed by atoms with van der Waals surface area (Å²) in [5.74, 6) is 0. The quantitative estimate of drug-likeness (QED) is 0.766. The van der Waals surface area contributed by atoms with Gasteiger partial charge in [-0.15, -0.1) is 0 Å². The Bertz CT molecular complexity index is 297. The Labute approximate surface area is 118 Å². The molecule has 3 aliphatic rings. The fourth-order valence-electron chi connectivity index (χ4n) is 4.29. The summed E-state index contributed by atoms with van der Waals surface area (Å²) >= 11 is 0. The standard InChI is InChI=1S/C16H30N2O/c1-3-19-15-12-14(16(15)8-4-5-9-16)17-10-11-18(2)13-6-7-13/h13-15,17H,3-12H2,1-2H3. The topological polar surface area (TPSA) is 24.5 Å². The van der Waals surface area contributed by atoms with Crippen LogP contribution in [-0.2, 0) is 4.74 Å². The van der Waals surface area contributed by atoms with E-state index >= 15 is 0 Å². The number of likely N-dealkylation sites (N-methyl/N-ethyl adjacent to an activating group) is 1. The SMILES string of the molecule is CCOC1CC(NCCN(C)C2CC2)C12CCCC2. The first-order valence-corrected chi connectivity index (χ1v) is 8.31. The molecule has 0 radical (unpaired) electrons. The first-order valence-electron chi connectivity index (χ1n) is 8.31. The monoisotopic (exact) mass is 266 g/mol. The fourth-order valence-corrected chi connectivity index (χ4v) is 4.29. The number of nitrogens with zero attached hydrogens (tertiary/aromatic N) is 1. The molecule has 0 amide bonds. The average molecular weight is 266 g/mol. The van der Waals surface area contributed by atoms with Crippen LogP contribution in [0.5, 0.6) is 0 Å². The van der Waals surface area contributed by atoms with Crippen molar-refractivity contribution in [1.29, 1.82) is 0 Å². The molecular formula is C16H30N2O. The van der Waals surface area contributed by atoms with Gasteiger partial charge >= 0.3 is 0 Å². The zero-order chi connectivity index (χ0) is 13.3.